The summed E-state index contributed by atoms with van der Waals surface area (Å²) in [4.78, 5) is 17.3. The molecule has 4 aliphatic rings. The highest BCUT2D eigenvalue weighted by atomic mass is 16.1. The second-order valence-electron chi connectivity index (χ2n) is 8.90. The first-order valence-electron chi connectivity index (χ1n) is 9.83. The zero-order valence-corrected chi connectivity index (χ0v) is 15.1. The van der Waals surface area contributed by atoms with Gasteiger partial charge in [0.1, 0.15) is 5.82 Å². The van der Waals surface area contributed by atoms with Crippen LogP contribution in [0, 0.1) is 23.2 Å². The summed E-state index contributed by atoms with van der Waals surface area (Å²) in [6.07, 6.45) is 14.7. The Balaban J connectivity index is 1.43. The Bertz CT molecular complexity index is 570. The van der Waals surface area contributed by atoms with Crippen LogP contribution in [0.1, 0.15) is 76.6 Å². The highest BCUT2D eigenvalue weighted by Crippen LogP contribution is 2.61. The van der Waals surface area contributed by atoms with Crippen LogP contribution >= 0.6 is 0 Å². The largest absolute Gasteiger partial charge is 0.346 e. The molecule has 132 valence electrons. The molecular weight excluding hydrogens is 298 g/mol. The third-order valence-corrected chi connectivity index (χ3v) is 6.78. The van der Waals surface area contributed by atoms with Crippen molar-refractivity contribution in [1.29, 1.82) is 0 Å². The summed E-state index contributed by atoms with van der Waals surface area (Å²) in [5, 5.41) is 3.31. The molecule has 1 atom stereocenters. The summed E-state index contributed by atoms with van der Waals surface area (Å²) in [6, 6.07) is 0.0522. The van der Waals surface area contributed by atoms with Crippen molar-refractivity contribution in [2.24, 2.45) is 30.2 Å². The van der Waals surface area contributed by atoms with Crippen molar-refractivity contribution in [2.75, 3.05) is 0 Å². The van der Waals surface area contributed by atoms with Gasteiger partial charge in [0.05, 0.1) is 6.04 Å². The zero-order chi connectivity index (χ0) is 16.7. The van der Waals surface area contributed by atoms with E-state index >= 15 is 0 Å². The number of carbonyl (C=O) groups excluding carboxylic acids is 1. The summed E-state index contributed by atoms with van der Waals surface area (Å²) in [7, 11) is 2.01. The Morgan fingerprint density at radius 3 is 2.42 bits per heavy atom. The lowest BCUT2D eigenvalue weighted by Gasteiger charge is -2.56. The van der Waals surface area contributed by atoms with Gasteiger partial charge in [-0.25, -0.2) is 4.98 Å². The zero-order valence-electron chi connectivity index (χ0n) is 15.1. The molecule has 4 heteroatoms. The first-order valence-corrected chi connectivity index (χ1v) is 9.83. The average molecular weight is 329 g/mol. The molecule has 0 aliphatic heterocycles. The number of amides is 1. The van der Waals surface area contributed by atoms with E-state index in [9.17, 15) is 4.79 Å². The van der Waals surface area contributed by atoms with E-state index in [1.807, 2.05) is 24.0 Å². The van der Waals surface area contributed by atoms with E-state index in [1.54, 1.807) is 0 Å². The summed E-state index contributed by atoms with van der Waals surface area (Å²) < 4.78 is 2.03. The molecule has 24 heavy (non-hydrogen) atoms. The normalized spacial score (nSPS) is 35.2. The van der Waals surface area contributed by atoms with Crippen molar-refractivity contribution < 1.29 is 4.79 Å². The predicted octanol–water partition coefficient (Wildman–Crippen LogP) is 3.98. The van der Waals surface area contributed by atoms with Crippen molar-refractivity contribution in [2.45, 2.75) is 70.8 Å². The Kier molecular flexibility index (Phi) is 4.17. The molecule has 1 N–H and O–H groups in total. The van der Waals surface area contributed by atoms with Gasteiger partial charge in [-0.3, -0.25) is 4.79 Å². The van der Waals surface area contributed by atoms with Crippen LogP contribution in [0.5, 0.6) is 0 Å². The van der Waals surface area contributed by atoms with Crippen molar-refractivity contribution in [1.82, 2.24) is 14.9 Å². The van der Waals surface area contributed by atoms with Crippen molar-refractivity contribution in [3.05, 3.63) is 18.2 Å². The van der Waals surface area contributed by atoms with E-state index in [-0.39, 0.29) is 11.9 Å². The number of nitrogens with zero attached hydrogens (tertiary/aromatic N) is 2. The number of nitrogens with one attached hydrogen (secondary N) is 1. The molecule has 1 aromatic heterocycles. The van der Waals surface area contributed by atoms with Crippen LogP contribution in [0.3, 0.4) is 0 Å². The number of imidazole rings is 1. The second kappa shape index (κ2) is 6.20. The van der Waals surface area contributed by atoms with Gasteiger partial charge >= 0.3 is 0 Å². The number of aryl methyl sites for hydroxylation is 1. The van der Waals surface area contributed by atoms with Crippen molar-refractivity contribution >= 4 is 5.91 Å². The molecule has 1 aromatic rings. The van der Waals surface area contributed by atoms with Crippen LogP contribution in [0.4, 0.5) is 0 Å². The Morgan fingerprint density at radius 2 is 1.92 bits per heavy atom. The fourth-order valence-electron chi connectivity index (χ4n) is 6.36. The molecule has 4 bridgehead atoms. The number of hydrogen-bond donors (Lipinski definition) is 1. The summed E-state index contributed by atoms with van der Waals surface area (Å²) in [6.45, 7) is 2.17. The van der Waals surface area contributed by atoms with E-state index in [0.29, 0.717) is 5.41 Å². The highest BCUT2D eigenvalue weighted by molar-refractivity contribution is 5.77. The number of aromatic nitrogens is 2. The Hall–Kier alpha value is -1.32. The maximum absolute atomic E-state index is 12.9. The van der Waals surface area contributed by atoms with E-state index in [1.165, 1.54) is 38.5 Å². The van der Waals surface area contributed by atoms with Gasteiger partial charge in [-0.1, -0.05) is 13.3 Å². The average Bonchev–Trinajstić information content (AvgIpc) is 2.90. The molecule has 0 spiro atoms. The minimum atomic E-state index is 0.0522. The monoisotopic (exact) mass is 329 g/mol. The molecule has 4 saturated carbocycles. The summed E-state index contributed by atoms with van der Waals surface area (Å²) >= 11 is 0. The molecule has 4 nitrogen and oxygen atoms in total. The van der Waals surface area contributed by atoms with Gasteiger partial charge in [-0.2, -0.15) is 0 Å². The first-order chi connectivity index (χ1) is 11.6. The van der Waals surface area contributed by atoms with Crippen LogP contribution in [0.2, 0.25) is 0 Å². The predicted molar refractivity (Wildman–Crippen MR) is 94.2 cm³/mol. The highest BCUT2D eigenvalue weighted by Gasteiger charge is 2.51. The SMILES string of the molecule is CCC[C@@H](NC(=O)CC12CC3CC(CC(C3)C1)C2)c1nccn1C. The standard InChI is InChI=1S/C20H31N3O/c1-3-4-17(19-21-5-6-23(19)2)22-18(24)13-20-10-14-7-15(11-20)9-16(8-14)12-20/h5-6,14-17H,3-4,7-13H2,1-2H3,(H,22,24)/t14?,15?,16?,17-,20?/m1/s1. The van der Waals surface area contributed by atoms with Gasteiger partial charge in [0.2, 0.25) is 5.91 Å². The lowest BCUT2D eigenvalue weighted by atomic mass is 9.49. The van der Waals surface area contributed by atoms with Gasteiger partial charge < -0.3 is 9.88 Å². The lowest BCUT2D eigenvalue weighted by molar-refractivity contribution is -0.130. The molecule has 0 aromatic carbocycles. The fraction of sp³-hybridized carbons (Fsp3) is 0.800. The lowest BCUT2D eigenvalue weighted by Crippen LogP contribution is -2.48. The smallest absolute Gasteiger partial charge is 0.221 e. The van der Waals surface area contributed by atoms with Crippen LogP contribution in [0.15, 0.2) is 12.4 Å². The third-order valence-electron chi connectivity index (χ3n) is 6.78. The Labute approximate surface area is 145 Å². The van der Waals surface area contributed by atoms with E-state index in [0.717, 1.165) is 42.8 Å². The molecule has 1 heterocycles. The van der Waals surface area contributed by atoms with Gasteiger partial charge in [0, 0.05) is 25.9 Å². The molecule has 0 saturated heterocycles. The summed E-state index contributed by atoms with van der Waals surface area (Å²) in [5.74, 6) is 3.95. The molecule has 5 rings (SSSR count). The van der Waals surface area contributed by atoms with E-state index in [4.69, 9.17) is 0 Å². The first kappa shape index (κ1) is 16.2. The molecule has 4 fully saturated rings. The summed E-state index contributed by atoms with van der Waals surface area (Å²) in [5.41, 5.74) is 0.317. The fourth-order valence-corrected chi connectivity index (χ4v) is 6.36. The Morgan fingerprint density at radius 1 is 1.29 bits per heavy atom. The van der Waals surface area contributed by atoms with E-state index < -0.39 is 0 Å². The number of carbonyl (C=O) groups is 1. The minimum absolute atomic E-state index is 0.0522. The molecule has 0 radical (unpaired) electrons. The maximum atomic E-state index is 12.9. The van der Waals surface area contributed by atoms with Crippen LogP contribution in [-0.2, 0) is 11.8 Å². The minimum Gasteiger partial charge on any atom is -0.346 e. The van der Waals surface area contributed by atoms with Crippen LogP contribution in [-0.4, -0.2) is 15.5 Å². The molecular formula is C20H31N3O. The topological polar surface area (TPSA) is 46.9 Å². The molecule has 0 unspecified atom stereocenters. The van der Waals surface area contributed by atoms with Crippen LogP contribution < -0.4 is 5.32 Å². The molecule has 4 aliphatic carbocycles. The third kappa shape index (κ3) is 3.00. The second-order valence-corrected chi connectivity index (χ2v) is 8.90. The van der Waals surface area contributed by atoms with Gasteiger partial charge in [0.25, 0.3) is 0 Å². The molecule has 1 amide bonds. The van der Waals surface area contributed by atoms with E-state index in [2.05, 4.69) is 17.2 Å². The van der Waals surface area contributed by atoms with Crippen LogP contribution in [0.25, 0.3) is 0 Å². The maximum Gasteiger partial charge on any atom is 0.221 e. The number of hydrogen-bond acceptors (Lipinski definition) is 2. The quantitative estimate of drug-likeness (QED) is 0.858. The van der Waals surface area contributed by atoms with Gasteiger partial charge in [-0.05, 0) is 68.1 Å². The van der Waals surface area contributed by atoms with Gasteiger partial charge in [0.15, 0.2) is 0 Å². The van der Waals surface area contributed by atoms with Gasteiger partial charge in [-0.15, -0.1) is 0 Å². The number of rotatable bonds is 6. The van der Waals surface area contributed by atoms with Crippen molar-refractivity contribution in [3.63, 3.8) is 0 Å². The van der Waals surface area contributed by atoms with Crippen molar-refractivity contribution in [3.8, 4) is 0 Å².